The molecule has 1 N–H and O–H groups in total. The lowest BCUT2D eigenvalue weighted by Crippen LogP contribution is -2.48. The third kappa shape index (κ3) is 5.58. The van der Waals surface area contributed by atoms with Gasteiger partial charge in [-0.25, -0.2) is 0 Å². The van der Waals surface area contributed by atoms with Gasteiger partial charge in [0.05, 0.1) is 5.69 Å². The predicted molar refractivity (Wildman–Crippen MR) is 153 cm³/mol. The predicted octanol–water partition coefficient (Wildman–Crippen LogP) is 5.48. The van der Waals surface area contributed by atoms with Gasteiger partial charge in [-0.05, 0) is 87.9 Å². The van der Waals surface area contributed by atoms with Gasteiger partial charge >= 0.3 is 5.97 Å². The van der Waals surface area contributed by atoms with Crippen molar-refractivity contribution in [2.75, 3.05) is 32.7 Å². The lowest BCUT2D eigenvalue weighted by atomic mass is 9.85. The number of benzene rings is 1. The Bertz CT molecular complexity index is 1120. The van der Waals surface area contributed by atoms with E-state index in [9.17, 15) is 9.90 Å². The molecule has 0 bridgehead atoms. The Kier molecular flexibility index (Phi) is 8.02. The molecule has 1 aliphatic carbocycles. The fourth-order valence-corrected chi connectivity index (χ4v) is 7.70. The van der Waals surface area contributed by atoms with Crippen molar-refractivity contribution in [2.45, 2.75) is 97.6 Å². The molecule has 2 saturated heterocycles. The van der Waals surface area contributed by atoms with E-state index in [4.69, 9.17) is 5.10 Å². The minimum Gasteiger partial charge on any atom is -0.480 e. The highest BCUT2D eigenvalue weighted by Gasteiger charge is 2.44. The molecule has 1 aromatic carbocycles. The number of piperidine rings is 1. The van der Waals surface area contributed by atoms with Crippen LogP contribution in [0.15, 0.2) is 24.3 Å². The van der Waals surface area contributed by atoms with Crippen LogP contribution < -0.4 is 0 Å². The fraction of sp³-hybridized carbons (Fsp3) is 0.688. The summed E-state index contributed by atoms with van der Waals surface area (Å²) in [6.45, 7) is 16.5. The van der Waals surface area contributed by atoms with Crippen LogP contribution in [0.3, 0.4) is 0 Å². The molecule has 2 fully saturated rings. The Labute approximate surface area is 229 Å². The summed E-state index contributed by atoms with van der Waals surface area (Å²) in [6.07, 6.45) is 7.34. The van der Waals surface area contributed by atoms with E-state index in [1.807, 2.05) is 0 Å². The molecule has 3 atom stereocenters. The number of fused-ring (bicyclic) bond motifs is 1. The van der Waals surface area contributed by atoms with Crippen LogP contribution in [-0.2, 0) is 24.2 Å². The summed E-state index contributed by atoms with van der Waals surface area (Å²) in [4.78, 5) is 17.3. The highest BCUT2D eigenvalue weighted by atomic mass is 16.4. The molecule has 3 unspecified atom stereocenters. The molecule has 2 aliphatic heterocycles. The van der Waals surface area contributed by atoms with E-state index in [0.717, 1.165) is 45.7 Å². The third-order valence-electron chi connectivity index (χ3n) is 9.39. The van der Waals surface area contributed by atoms with Gasteiger partial charge in [-0.15, -0.1) is 0 Å². The second kappa shape index (κ2) is 11.1. The van der Waals surface area contributed by atoms with Crippen molar-refractivity contribution in [2.24, 2.45) is 11.3 Å². The fourth-order valence-electron chi connectivity index (χ4n) is 7.70. The van der Waals surface area contributed by atoms with Gasteiger partial charge in [0.2, 0.25) is 0 Å². The van der Waals surface area contributed by atoms with Gasteiger partial charge < -0.3 is 10.0 Å². The zero-order valence-corrected chi connectivity index (χ0v) is 24.2. The molecular formula is C32H48N4O2. The van der Waals surface area contributed by atoms with E-state index in [0.29, 0.717) is 17.8 Å². The van der Waals surface area contributed by atoms with Crippen LogP contribution in [0.25, 0.3) is 0 Å². The van der Waals surface area contributed by atoms with Gasteiger partial charge in [0.15, 0.2) is 0 Å². The summed E-state index contributed by atoms with van der Waals surface area (Å²) in [5.41, 5.74) is 6.82. The Balaban J connectivity index is 1.31. The van der Waals surface area contributed by atoms with Gasteiger partial charge in [-0.3, -0.25) is 14.4 Å². The van der Waals surface area contributed by atoms with E-state index in [2.05, 4.69) is 73.4 Å². The average Bonchev–Trinajstić information content (AvgIpc) is 3.44. The molecule has 6 nitrogen and oxygen atoms in total. The van der Waals surface area contributed by atoms with E-state index in [-0.39, 0.29) is 5.41 Å². The number of nitrogens with zero attached hydrogens (tertiary/aromatic N) is 4. The number of aromatic nitrogens is 2. The van der Waals surface area contributed by atoms with Crippen molar-refractivity contribution in [1.29, 1.82) is 0 Å². The average molecular weight is 521 g/mol. The van der Waals surface area contributed by atoms with Crippen LogP contribution in [0.5, 0.6) is 0 Å². The van der Waals surface area contributed by atoms with Gasteiger partial charge in [0, 0.05) is 43.7 Å². The van der Waals surface area contributed by atoms with Crippen LogP contribution in [0.2, 0.25) is 0 Å². The summed E-state index contributed by atoms with van der Waals surface area (Å²) in [5.74, 6) is 0.722. The topological polar surface area (TPSA) is 61.6 Å². The van der Waals surface area contributed by atoms with Crippen LogP contribution in [-0.4, -0.2) is 69.4 Å². The summed E-state index contributed by atoms with van der Waals surface area (Å²) in [6, 6.07) is 8.42. The highest BCUT2D eigenvalue weighted by Crippen LogP contribution is 2.40. The number of hydrogen-bond donors (Lipinski definition) is 1. The monoisotopic (exact) mass is 520 g/mol. The van der Waals surface area contributed by atoms with Crippen molar-refractivity contribution in [3.63, 3.8) is 0 Å². The highest BCUT2D eigenvalue weighted by molar-refractivity contribution is 5.74. The molecule has 3 heterocycles. The molecule has 0 spiro atoms. The molecule has 0 radical (unpaired) electrons. The Morgan fingerprint density at radius 3 is 2.53 bits per heavy atom. The normalized spacial score (nSPS) is 24.4. The van der Waals surface area contributed by atoms with E-state index < -0.39 is 12.0 Å². The SMILES string of the molecule is CCn1nc2c(c1C1CCN(CC3CN(C(C(=O)O)C(C)(C)C)CC3c3cccc(C)c3)CC1)CCCC2. The molecule has 0 saturated carbocycles. The number of carbonyl (C=O) groups is 1. The summed E-state index contributed by atoms with van der Waals surface area (Å²) in [5, 5.41) is 15.2. The first-order chi connectivity index (χ1) is 18.2. The molecule has 0 amide bonds. The standard InChI is InChI=1S/C32H48N4O2/c1-6-36-29(26-12-7-8-13-28(26)33-36)23-14-16-34(17-15-23)19-25-20-35(30(31(37)38)32(3,4)5)21-27(25)24-11-9-10-22(2)18-24/h9-11,18,23,25,27,30H,6-8,12-17,19-21H2,1-5H3,(H,37,38). The van der Waals surface area contributed by atoms with Crippen molar-refractivity contribution < 1.29 is 9.90 Å². The zero-order valence-electron chi connectivity index (χ0n) is 24.2. The molecule has 2 aromatic rings. The maximum atomic E-state index is 12.4. The summed E-state index contributed by atoms with van der Waals surface area (Å²) in [7, 11) is 0. The maximum Gasteiger partial charge on any atom is 0.321 e. The van der Waals surface area contributed by atoms with Gasteiger partial charge in [-0.1, -0.05) is 50.6 Å². The molecule has 3 aliphatic rings. The van der Waals surface area contributed by atoms with Crippen LogP contribution >= 0.6 is 0 Å². The zero-order chi connectivity index (χ0) is 27.0. The molecule has 38 heavy (non-hydrogen) atoms. The lowest BCUT2D eigenvalue weighted by molar-refractivity contribution is -0.147. The molecule has 6 heteroatoms. The van der Waals surface area contributed by atoms with Gasteiger partial charge in [0.1, 0.15) is 6.04 Å². The van der Waals surface area contributed by atoms with Gasteiger partial charge in [0.25, 0.3) is 0 Å². The second-order valence-corrected chi connectivity index (χ2v) is 13.2. The first-order valence-electron chi connectivity index (χ1n) is 15.0. The van der Waals surface area contributed by atoms with Crippen LogP contribution in [0.4, 0.5) is 0 Å². The second-order valence-electron chi connectivity index (χ2n) is 13.2. The van der Waals surface area contributed by atoms with Crippen molar-refractivity contribution in [3.05, 3.63) is 52.3 Å². The first-order valence-corrected chi connectivity index (χ1v) is 15.0. The molecule has 208 valence electrons. The van der Waals surface area contributed by atoms with Crippen molar-refractivity contribution in [3.8, 4) is 0 Å². The first kappa shape index (κ1) is 27.4. The lowest BCUT2D eigenvalue weighted by Gasteiger charge is -2.36. The third-order valence-corrected chi connectivity index (χ3v) is 9.39. The number of hydrogen-bond acceptors (Lipinski definition) is 4. The number of aryl methyl sites for hydroxylation is 3. The maximum absolute atomic E-state index is 12.4. The van der Waals surface area contributed by atoms with Gasteiger partial charge in [-0.2, -0.15) is 5.10 Å². The number of likely N-dealkylation sites (tertiary alicyclic amines) is 2. The summed E-state index contributed by atoms with van der Waals surface area (Å²) < 4.78 is 2.32. The quantitative estimate of drug-likeness (QED) is 0.524. The van der Waals surface area contributed by atoms with Crippen LogP contribution in [0, 0.1) is 18.3 Å². The minimum atomic E-state index is -0.696. The number of carboxylic acids is 1. The van der Waals surface area contributed by atoms with E-state index in [1.54, 1.807) is 11.3 Å². The number of aliphatic carboxylic acids is 1. The van der Waals surface area contributed by atoms with Crippen molar-refractivity contribution in [1.82, 2.24) is 19.6 Å². The molecule has 1 aromatic heterocycles. The Hall–Kier alpha value is -2.18. The Morgan fingerprint density at radius 2 is 1.87 bits per heavy atom. The minimum absolute atomic E-state index is 0.308. The van der Waals surface area contributed by atoms with E-state index in [1.165, 1.54) is 48.9 Å². The van der Waals surface area contributed by atoms with Crippen LogP contribution in [0.1, 0.15) is 93.3 Å². The van der Waals surface area contributed by atoms with E-state index >= 15 is 0 Å². The molecule has 5 rings (SSSR count). The molecular weight excluding hydrogens is 472 g/mol. The number of carboxylic acid groups (broad SMARTS) is 1. The largest absolute Gasteiger partial charge is 0.480 e. The smallest absolute Gasteiger partial charge is 0.321 e. The summed E-state index contributed by atoms with van der Waals surface area (Å²) >= 11 is 0. The number of rotatable bonds is 7. The van der Waals surface area contributed by atoms with Crippen molar-refractivity contribution >= 4 is 5.97 Å². The Morgan fingerprint density at radius 1 is 1.13 bits per heavy atom.